The molecule has 0 radical (unpaired) electrons. The summed E-state index contributed by atoms with van der Waals surface area (Å²) in [6.07, 6.45) is 9.82. The van der Waals surface area contributed by atoms with Crippen molar-refractivity contribution in [3.63, 3.8) is 0 Å². The maximum absolute atomic E-state index is 6.06. The van der Waals surface area contributed by atoms with Crippen LogP contribution >= 0.6 is 0 Å². The molecule has 0 aromatic heterocycles. The fraction of sp³-hybridized carbons (Fsp3) is 1.00. The monoisotopic (exact) mass is 269 g/mol. The lowest BCUT2D eigenvalue weighted by Crippen LogP contribution is -2.48. The smallest absolute Gasteiger partial charge is 0.0730 e. The molecule has 0 aromatic rings. The molecule has 19 heavy (non-hydrogen) atoms. The van der Waals surface area contributed by atoms with Crippen LogP contribution in [0.1, 0.15) is 72.6 Å². The Morgan fingerprint density at radius 3 is 2.53 bits per heavy atom. The van der Waals surface area contributed by atoms with Crippen molar-refractivity contribution in [1.82, 2.24) is 5.32 Å². The van der Waals surface area contributed by atoms with Crippen LogP contribution in [-0.4, -0.2) is 25.3 Å². The summed E-state index contributed by atoms with van der Waals surface area (Å²) in [5, 5.41) is 3.74. The molecule has 2 heteroatoms. The van der Waals surface area contributed by atoms with E-state index in [2.05, 4.69) is 33.0 Å². The van der Waals surface area contributed by atoms with Crippen molar-refractivity contribution in [2.45, 2.75) is 84.8 Å². The Labute approximate surface area is 120 Å². The molecule has 0 amide bonds. The molecule has 4 atom stereocenters. The average molecular weight is 269 g/mol. The molecular formula is C17H35NO. The summed E-state index contributed by atoms with van der Waals surface area (Å²) in [5.74, 6) is 1.77. The first-order chi connectivity index (χ1) is 9.26. The first-order valence-corrected chi connectivity index (χ1v) is 8.61. The van der Waals surface area contributed by atoms with Gasteiger partial charge in [-0.1, -0.05) is 46.5 Å². The molecule has 1 saturated carbocycles. The highest BCUT2D eigenvalue weighted by atomic mass is 16.5. The summed E-state index contributed by atoms with van der Waals surface area (Å²) < 4.78 is 6.06. The number of nitrogens with one attached hydrogen (secondary N) is 1. The largest absolute Gasteiger partial charge is 0.377 e. The second-order valence-corrected chi connectivity index (χ2v) is 6.07. The van der Waals surface area contributed by atoms with Gasteiger partial charge in [0.1, 0.15) is 0 Å². The van der Waals surface area contributed by atoms with E-state index < -0.39 is 0 Å². The van der Waals surface area contributed by atoms with Crippen LogP contribution in [0.15, 0.2) is 0 Å². The maximum Gasteiger partial charge on any atom is 0.0730 e. The van der Waals surface area contributed by atoms with E-state index in [1.165, 1.54) is 44.9 Å². The van der Waals surface area contributed by atoms with Gasteiger partial charge in [-0.2, -0.15) is 0 Å². The van der Waals surface area contributed by atoms with Gasteiger partial charge in [-0.15, -0.1) is 0 Å². The molecule has 1 fully saturated rings. The summed E-state index contributed by atoms with van der Waals surface area (Å²) in [5.41, 5.74) is 0. The predicted molar refractivity (Wildman–Crippen MR) is 83.5 cm³/mol. The Kier molecular flexibility index (Phi) is 8.72. The minimum atomic E-state index is 0.413. The summed E-state index contributed by atoms with van der Waals surface area (Å²) in [6.45, 7) is 10.9. The Bertz CT molecular complexity index is 213. The molecule has 4 unspecified atom stereocenters. The van der Waals surface area contributed by atoms with E-state index >= 15 is 0 Å². The fourth-order valence-corrected chi connectivity index (χ4v) is 3.73. The third-order valence-corrected chi connectivity index (χ3v) is 4.70. The molecule has 0 aromatic carbocycles. The lowest BCUT2D eigenvalue weighted by Gasteiger charge is -2.38. The van der Waals surface area contributed by atoms with Crippen molar-refractivity contribution in [3.8, 4) is 0 Å². The molecule has 1 aliphatic rings. The van der Waals surface area contributed by atoms with E-state index in [9.17, 15) is 0 Å². The van der Waals surface area contributed by atoms with E-state index in [1.54, 1.807) is 0 Å². The third kappa shape index (κ3) is 5.43. The molecule has 0 saturated heterocycles. The Hall–Kier alpha value is -0.0800. The Balaban J connectivity index is 2.66. The van der Waals surface area contributed by atoms with Crippen molar-refractivity contribution in [1.29, 1.82) is 0 Å². The van der Waals surface area contributed by atoms with E-state index in [1.807, 2.05) is 0 Å². The maximum atomic E-state index is 6.06. The zero-order valence-corrected chi connectivity index (χ0v) is 13.6. The summed E-state index contributed by atoms with van der Waals surface area (Å²) >= 11 is 0. The van der Waals surface area contributed by atoms with Crippen LogP contribution in [0.3, 0.4) is 0 Å². The second kappa shape index (κ2) is 9.77. The van der Waals surface area contributed by atoms with Gasteiger partial charge in [0.15, 0.2) is 0 Å². The predicted octanol–water partition coefficient (Wildman–Crippen LogP) is 4.39. The molecule has 1 aliphatic carbocycles. The Morgan fingerprint density at radius 2 is 1.95 bits per heavy atom. The van der Waals surface area contributed by atoms with Crippen molar-refractivity contribution in [2.75, 3.05) is 13.2 Å². The van der Waals surface area contributed by atoms with Crippen LogP contribution in [0.2, 0.25) is 0 Å². The zero-order chi connectivity index (χ0) is 14.1. The highest BCUT2D eigenvalue weighted by Gasteiger charge is 2.32. The van der Waals surface area contributed by atoms with Crippen LogP contribution in [0, 0.1) is 11.8 Å². The standard InChI is InChI=1S/C17H35NO/c1-5-10-16(19-8-4)17(18-7-3)15-12-9-11-14(6-2)13-15/h14-18H,5-13H2,1-4H3. The number of likely N-dealkylation sites (N-methyl/N-ethyl adjacent to an activating group) is 1. The van der Waals surface area contributed by atoms with Gasteiger partial charge in [-0.25, -0.2) is 0 Å². The van der Waals surface area contributed by atoms with E-state index in [0.29, 0.717) is 12.1 Å². The minimum Gasteiger partial charge on any atom is -0.377 e. The molecule has 0 spiro atoms. The molecule has 0 heterocycles. The number of hydrogen-bond donors (Lipinski definition) is 1. The molecule has 2 nitrogen and oxygen atoms in total. The molecule has 0 aliphatic heterocycles. The summed E-state index contributed by atoms with van der Waals surface area (Å²) in [7, 11) is 0. The zero-order valence-electron chi connectivity index (χ0n) is 13.6. The highest BCUT2D eigenvalue weighted by Crippen LogP contribution is 2.34. The van der Waals surface area contributed by atoms with Gasteiger partial charge in [0.25, 0.3) is 0 Å². The second-order valence-electron chi connectivity index (χ2n) is 6.07. The van der Waals surface area contributed by atoms with Gasteiger partial charge in [-0.05, 0) is 44.6 Å². The molecule has 1 N–H and O–H groups in total. The van der Waals surface area contributed by atoms with Crippen LogP contribution in [0.25, 0.3) is 0 Å². The lowest BCUT2D eigenvalue weighted by atomic mass is 9.75. The molecular weight excluding hydrogens is 234 g/mol. The number of hydrogen-bond acceptors (Lipinski definition) is 2. The van der Waals surface area contributed by atoms with Gasteiger partial charge in [0, 0.05) is 12.6 Å². The quantitative estimate of drug-likeness (QED) is 0.670. The first-order valence-electron chi connectivity index (χ1n) is 8.61. The normalized spacial score (nSPS) is 27.2. The van der Waals surface area contributed by atoms with Gasteiger partial charge in [0.2, 0.25) is 0 Å². The minimum absolute atomic E-state index is 0.413. The van der Waals surface area contributed by atoms with Crippen molar-refractivity contribution < 1.29 is 4.74 Å². The van der Waals surface area contributed by atoms with Gasteiger partial charge in [-0.3, -0.25) is 0 Å². The van der Waals surface area contributed by atoms with E-state index in [4.69, 9.17) is 4.74 Å². The number of ether oxygens (including phenoxy) is 1. The molecule has 0 bridgehead atoms. The highest BCUT2D eigenvalue weighted by molar-refractivity contribution is 4.87. The van der Waals surface area contributed by atoms with Gasteiger partial charge in [0.05, 0.1) is 6.10 Å². The van der Waals surface area contributed by atoms with Crippen LogP contribution in [-0.2, 0) is 4.74 Å². The van der Waals surface area contributed by atoms with Gasteiger partial charge >= 0.3 is 0 Å². The van der Waals surface area contributed by atoms with Crippen LogP contribution in [0.4, 0.5) is 0 Å². The number of rotatable bonds is 9. The van der Waals surface area contributed by atoms with E-state index in [0.717, 1.165) is 25.0 Å². The summed E-state index contributed by atoms with van der Waals surface area (Å²) in [6, 6.07) is 0.569. The topological polar surface area (TPSA) is 21.3 Å². The van der Waals surface area contributed by atoms with E-state index in [-0.39, 0.29) is 0 Å². The third-order valence-electron chi connectivity index (χ3n) is 4.70. The van der Waals surface area contributed by atoms with Crippen molar-refractivity contribution in [2.24, 2.45) is 11.8 Å². The summed E-state index contributed by atoms with van der Waals surface area (Å²) in [4.78, 5) is 0. The first kappa shape index (κ1) is 17.0. The van der Waals surface area contributed by atoms with Crippen molar-refractivity contribution >= 4 is 0 Å². The SMILES string of the molecule is CCCC(OCC)C(NCC)C1CCCC(CC)C1. The molecule has 1 rings (SSSR count). The molecule has 114 valence electrons. The fourth-order valence-electron chi connectivity index (χ4n) is 3.73. The van der Waals surface area contributed by atoms with Crippen LogP contribution < -0.4 is 5.32 Å². The van der Waals surface area contributed by atoms with Gasteiger partial charge < -0.3 is 10.1 Å². The average Bonchev–Trinajstić information content (AvgIpc) is 2.45. The van der Waals surface area contributed by atoms with Crippen LogP contribution in [0.5, 0.6) is 0 Å². The van der Waals surface area contributed by atoms with Crippen molar-refractivity contribution in [3.05, 3.63) is 0 Å². The lowest BCUT2D eigenvalue weighted by molar-refractivity contribution is 0.00235. The Morgan fingerprint density at radius 1 is 1.16 bits per heavy atom.